The van der Waals surface area contributed by atoms with Gasteiger partial charge in [0.05, 0.1) is 6.54 Å². The van der Waals surface area contributed by atoms with E-state index in [0.29, 0.717) is 38.2 Å². The van der Waals surface area contributed by atoms with Gasteiger partial charge in [-0.1, -0.05) is 18.2 Å². The highest BCUT2D eigenvalue weighted by atomic mass is 16.5. The van der Waals surface area contributed by atoms with Gasteiger partial charge < -0.3 is 14.5 Å². The number of amides is 2. The molecule has 0 radical (unpaired) electrons. The van der Waals surface area contributed by atoms with E-state index in [0.717, 1.165) is 28.0 Å². The summed E-state index contributed by atoms with van der Waals surface area (Å²) in [5.74, 6) is 0.521. The van der Waals surface area contributed by atoms with Crippen molar-refractivity contribution in [1.82, 2.24) is 34.5 Å². The molecule has 2 aromatic carbocycles. The van der Waals surface area contributed by atoms with Crippen molar-refractivity contribution in [3.63, 3.8) is 0 Å². The number of ether oxygens (including phenoxy) is 1. The van der Waals surface area contributed by atoms with Crippen molar-refractivity contribution in [2.45, 2.75) is 13.0 Å². The van der Waals surface area contributed by atoms with E-state index in [2.05, 4.69) is 26.1 Å². The van der Waals surface area contributed by atoms with Crippen molar-refractivity contribution in [3.05, 3.63) is 90.5 Å². The van der Waals surface area contributed by atoms with Crippen LogP contribution in [0.3, 0.4) is 0 Å². The van der Waals surface area contributed by atoms with Gasteiger partial charge in [0.2, 0.25) is 5.91 Å². The van der Waals surface area contributed by atoms with E-state index in [4.69, 9.17) is 4.74 Å². The second-order valence-corrected chi connectivity index (χ2v) is 8.88. The molecule has 0 atom stereocenters. The topological polar surface area (TPSA) is 106 Å². The molecule has 1 aliphatic heterocycles. The van der Waals surface area contributed by atoms with Gasteiger partial charge in [-0.25, -0.2) is 19.6 Å². The minimum Gasteiger partial charge on any atom is -0.491 e. The molecule has 0 spiro atoms. The van der Waals surface area contributed by atoms with Gasteiger partial charge >= 0.3 is 0 Å². The van der Waals surface area contributed by atoms with Gasteiger partial charge in [0.15, 0.2) is 0 Å². The zero-order valence-corrected chi connectivity index (χ0v) is 20.5. The van der Waals surface area contributed by atoms with E-state index in [9.17, 15) is 9.59 Å². The first-order valence-electron chi connectivity index (χ1n) is 12.0. The van der Waals surface area contributed by atoms with Gasteiger partial charge in [0.25, 0.3) is 5.91 Å². The third kappa shape index (κ3) is 5.80. The highest BCUT2D eigenvalue weighted by molar-refractivity contribution is 5.94. The Labute approximate surface area is 214 Å². The van der Waals surface area contributed by atoms with Crippen LogP contribution in [-0.2, 0) is 17.8 Å². The van der Waals surface area contributed by atoms with Gasteiger partial charge in [0.1, 0.15) is 37.9 Å². The summed E-state index contributed by atoms with van der Waals surface area (Å²) in [4.78, 5) is 41.7. The number of hydrogen-bond donors (Lipinski definition) is 0. The largest absolute Gasteiger partial charge is 0.491 e. The number of fused-ring (bicyclic) bond motifs is 3. The maximum atomic E-state index is 13.2. The first kappa shape index (κ1) is 24.1. The lowest BCUT2D eigenvalue weighted by molar-refractivity contribution is -0.132. The van der Waals surface area contributed by atoms with Crippen molar-refractivity contribution in [2.24, 2.45) is 0 Å². The lowest BCUT2D eigenvalue weighted by atomic mass is 9.98. The van der Waals surface area contributed by atoms with E-state index >= 15 is 0 Å². The van der Waals surface area contributed by atoms with Gasteiger partial charge in [-0.2, -0.15) is 5.10 Å². The Morgan fingerprint density at radius 3 is 2.62 bits per heavy atom. The molecule has 0 fully saturated rings. The van der Waals surface area contributed by atoms with Crippen LogP contribution in [-0.4, -0.2) is 79.6 Å². The van der Waals surface area contributed by atoms with E-state index in [1.54, 1.807) is 29.2 Å². The number of hydrogen-bond acceptors (Lipinski definition) is 7. The first-order valence-corrected chi connectivity index (χ1v) is 12.0. The predicted molar refractivity (Wildman–Crippen MR) is 136 cm³/mol. The Morgan fingerprint density at radius 1 is 0.946 bits per heavy atom. The molecule has 188 valence electrons. The molecule has 0 N–H and O–H groups in total. The van der Waals surface area contributed by atoms with Crippen LogP contribution in [0.25, 0.3) is 11.1 Å². The fourth-order valence-corrected chi connectivity index (χ4v) is 4.29. The Balaban J connectivity index is 1.46. The standard InChI is InChI=1S/C27H27N7O3/c1-32-7-8-33(26(35)16-34-19-30-18-31-34)9-10-37-25-6-5-21(24-14-28-17-29-15-24)13-23(25)12-20-3-2-4-22(11-20)27(32)36/h2-6,11,13-15,17-19H,7-10,12,16H2,1H3. The van der Waals surface area contributed by atoms with Crippen LogP contribution >= 0.6 is 0 Å². The number of carbonyl (C=O) groups excluding carboxylic acids is 2. The molecule has 1 aliphatic rings. The molecule has 37 heavy (non-hydrogen) atoms. The average molecular weight is 498 g/mol. The number of likely N-dealkylation sites (N-methyl/N-ethyl adjacent to an activating group) is 1. The number of carbonyl (C=O) groups is 2. The molecule has 4 aromatic rings. The number of rotatable bonds is 3. The molecule has 0 saturated carbocycles. The van der Waals surface area contributed by atoms with E-state index in [1.165, 1.54) is 23.7 Å². The van der Waals surface area contributed by atoms with Crippen LogP contribution in [0.5, 0.6) is 5.75 Å². The summed E-state index contributed by atoms with van der Waals surface area (Å²) < 4.78 is 7.70. The molecule has 5 rings (SSSR count). The molecular formula is C27H27N7O3. The van der Waals surface area contributed by atoms with E-state index in [-0.39, 0.29) is 18.4 Å². The minimum absolute atomic E-state index is 0.0683. The highest BCUT2D eigenvalue weighted by Gasteiger charge is 2.19. The summed E-state index contributed by atoms with van der Waals surface area (Å²) >= 11 is 0. The maximum absolute atomic E-state index is 13.2. The Morgan fingerprint density at radius 2 is 1.81 bits per heavy atom. The molecule has 2 aromatic heterocycles. The zero-order chi connectivity index (χ0) is 25.6. The van der Waals surface area contributed by atoms with Gasteiger partial charge in [-0.3, -0.25) is 9.59 Å². The molecule has 2 bridgehead atoms. The molecule has 10 nitrogen and oxygen atoms in total. The van der Waals surface area contributed by atoms with Crippen LogP contribution in [0.2, 0.25) is 0 Å². The average Bonchev–Trinajstić information content (AvgIpc) is 3.44. The van der Waals surface area contributed by atoms with Crippen LogP contribution in [0.4, 0.5) is 0 Å². The fraction of sp³-hybridized carbons (Fsp3) is 0.259. The Kier molecular flexibility index (Phi) is 7.16. The maximum Gasteiger partial charge on any atom is 0.253 e. The predicted octanol–water partition coefficient (Wildman–Crippen LogP) is 2.32. The fourth-order valence-electron chi connectivity index (χ4n) is 4.29. The lowest BCUT2D eigenvalue weighted by Gasteiger charge is -2.27. The second-order valence-electron chi connectivity index (χ2n) is 8.88. The minimum atomic E-state index is -0.122. The molecule has 2 amide bonds. The van der Waals surface area contributed by atoms with Gasteiger partial charge in [0, 0.05) is 50.1 Å². The Hall–Kier alpha value is -4.60. The monoisotopic (exact) mass is 497 g/mol. The molecule has 3 heterocycles. The molecule has 0 aliphatic carbocycles. The van der Waals surface area contributed by atoms with Crippen molar-refractivity contribution in [1.29, 1.82) is 0 Å². The summed E-state index contributed by atoms with van der Waals surface area (Å²) in [6, 6.07) is 13.6. The molecular weight excluding hydrogens is 470 g/mol. The van der Waals surface area contributed by atoms with Crippen LogP contribution in [0.15, 0.2) is 73.8 Å². The van der Waals surface area contributed by atoms with Crippen molar-refractivity contribution < 1.29 is 14.3 Å². The van der Waals surface area contributed by atoms with Crippen molar-refractivity contribution >= 4 is 11.8 Å². The van der Waals surface area contributed by atoms with E-state index < -0.39 is 0 Å². The van der Waals surface area contributed by atoms with Gasteiger partial charge in [-0.05, 0) is 41.0 Å². The Bertz CT molecular complexity index is 1380. The van der Waals surface area contributed by atoms with Crippen LogP contribution < -0.4 is 4.74 Å². The molecule has 10 heteroatoms. The normalized spacial score (nSPS) is 14.5. The quantitative estimate of drug-likeness (QED) is 0.428. The van der Waals surface area contributed by atoms with Crippen LogP contribution in [0.1, 0.15) is 21.5 Å². The summed E-state index contributed by atoms with van der Waals surface area (Å²) in [7, 11) is 1.75. The summed E-state index contributed by atoms with van der Waals surface area (Å²) in [6.45, 7) is 1.51. The molecule has 0 saturated heterocycles. The van der Waals surface area contributed by atoms with Crippen LogP contribution in [0, 0.1) is 0 Å². The van der Waals surface area contributed by atoms with Crippen molar-refractivity contribution in [2.75, 3.05) is 33.3 Å². The zero-order valence-electron chi connectivity index (χ0n) is 20.5. The summed E-state index contributed by atoms with van der Waals surface area (Å²) in [5.41, 5.74) is 4.46. The molecule has 0 unspecified atom stereocenters. The summed E-state index contributed by atoms with van der Waals surface area (Å²) in [6.07, 6.45) is 8.52. The smallest absolute Gasteiger partial charge is 0.253 e. The number of aromatic nitrogens is 5. The third-order valence-electron chi connectivity index (χ3n) is 6.31. The van der Waals surface area contributed by atoms with Crippen molar-refractivity contribution in [3.8, 4) is 16.9 Å². The lowest BCUT2D eigenvalue weighted by Crippen LogP contribution is -2.42. The van der Waals surface area contributed by atoms with Gasteiger partial charge in [-0.15, -0.1) is 0 Å². The SMILES string of the molecule is CN1CCN(C(=O)Cn2cncn2)CCOc2ccc(-c3cncnc3)cc2Cc2cccc(c2)C1=O. The van der Waals surface area contributed by atoms with E-state index in [1.807, 2.05) is 36.4 Å². The second kappa shape index (κ2) is 11.0. The number of benzene rings is 2. The number of nitrogens with zero attached hydrogens (tertiary/aromatic N) is 7. The highest BCUT2D eigenvalue weighted by Crippen LogP contribution is 2.28. The summed E-state index contributed by atoms with van der Waals surface area (Å²) in [5, 5.41) is 4.03. The third-order valence-corrected chi connectivity index (χ3v) is 6.31. The first-order chi connectivity index (χ1) is 18.1.